The topological polar surface area (TPSA) is 77.8 Å². The Hall–Kier alpha value is -0.170. The zero-order chi connectivity index (χ0) is 11.7. The number of nitrogens with zero attached hydrogens (tertiary/aromatic N) is 1. The maximum atomic E-state index is 10.9. The predicted molar refractivity (Wildman–Crippen MR) is 57.0 cm³/mol. The molecule has 0 bridgehead atoms. The van der Waals surface area contributed by atoms with Gasteiger partial charge in [-0.3, -0.25) is 4.55 Å². The summed E-state index contributed by atoms with van der Waals surface area (Å²) in [5.41, 5.74) is 0. The molecule has 1 fully saturated rings. The van der Waals surface area contributed by atoms with E-state index >= 15 is 0 Å². The molecule has 1 aliphatic heterocycles. The van der Waals surface area contributed by atoms with Gasteiger partial charge >= 0.3 is 0 Å². The minimum atomic E-state index is -4.35. The Bertz CT molecular complexity index is 304. The van der Waals surface area contributed by atoms with Gasteiger partial charge in [0.2, 0.25) is 0 Å². The molecule has 1 rings (SSSR count). The van der Waals surface area contributed by atoms with E-state index in [0.717, 1.165) is 6.54 Å². The fraction of sp³-hybridized carbons (Fsp3) is 1.00. The second-order valence-electron chi connectivity index (χ2n) is 4.62. The van der Waals surface area contributed by atoms with E-state index in [4.69, 9.17) is 4.55 Å². The Labute approximate surface area is 90.8 Å². The molecule has 90 valence electrons. The molecule has 0 radical (unpaired) electrons. The van der Waals surface area contributed by atoms with E-state index in [1.807, 2.05) is 0 Å². The van der Waals surface area contributed by atoms with Crippen molar-refractivity contribution in [3.8, 4) is 0 Å². The van der Waals surface area contributed by atoms with Crippen molar-refractivity contribution in [1.29, 1.82) is 0 Å². The van der Waals surface area contributed by atoms with Gasteiger partial charge in [-0.25, -0.2) is 0 Å². The standard InChI is InChI=1S/C9H19NO4S/c1-8(2)7-10-5-3-9(11,4-6-10)15(12,13)14/h8,11H,3-7H2,1-2H3,(H,12,13,14). The first-order chi connectivity index (χ1) is 6.74. The van der Waals surface area contributed by atoms with Crippen LogP contribution in [-0.4, -0.2) is 47.5 Å². The summed E-state index contributed by atoms with van der Waals surface area (Å²) < 4.78 is 30.7. The average molecular weight is 237 g/mol. The Morgan fingerprint density at radius 1 is 1.33 bits per heavy atom. The maximum Gasteiger partial charge on any atom is 0.295 e. The SMILES string of the molecule is CC(C)CN1CCC(O)(S(=O)(=O)O)CC1. The number of hydrogen-bond acceptors (Lipinski definition) is 4. The average Bonchev–Trinajstić information content (AvgIpc) is 2.06. The van der Waals surface area contributed by atoms with Gasteiger partial charge in [0, 0.05) is 32.5 Å². The van der Waals surface area contributed by atoms with Gasteiger partial charge in [0.05, 0.1) is 0 Å². The van der Waals surface area contributed by atoms with Crippen LogP contribution >= 0.6 is 0 Å². The van der Waals surface area contributed by atoms with Crippen molar-refractivity contribution < 1.29 is 18.1 Å². The van der Waals surface area contributed by atoms with E-state index in [-0.39, 0.29) is 12.8 Å². The van der Waals surface area contributed by atoms with Crippen LogP contribution in [0.2, 0.25) is 0 Å². The van der Waals surface area contributed by atoms with Gasteiger partial charge < -0.3 is 10.0 Å². The van der Waals surface area contributed by atoms with E-state index in [9.17, 15) is 13.5 Å². The van der Waals surface area contributed by atoms with Crippen molar-refractivity contribution in [1.82, 2.24) is 4.90 Å². The van der Waals surface area contributed by atoms with Crippen molar-refractivity contribution in [2.75, 3.05) is 19.6 Å². The largest absolute Gasteiger partial charge is 0.372 e. The van der Waals surface area contributed by atoms with Crippen LogP contribution in [0.1, 0.15) is 26.7 Å². The maximum absolute atomic E-state index is 10.9. The molecule has 6 heteroatoms. The van der Waals surface area contributed by atoms with Gasteiger partial charge in [-0.2, -0.15) is 8.42 Å². The van der Waals surface area contributed by atoms with Crippen LogP contribution in [0, 0.1) is 5.92 Å². The number of hydrogen-bond donors (Lipinski definition) is 2. The highest BCUT2D eigenvalue weighted by Crippen LogP contribution is 2.27. The highest BCUT2D eigenvalue weighted by Gasteiger charge is 2.43. The summed E-state index contributed by atoms with van der Waals surface area (Å²) in [6.45, 7) is 6.08. The molecule has 0 amide bonds. The van der Waals surface area contributed by atoms with E-state index < -0.39 is 15.1 Å². The monoisotopic (exact) mass is 237 g/mol. The molecule has 0 atom stereocenters. The van der Waals surface area contributed by atoms with Crippen molar-refractivity contribution in [3.05, 3.63) is 0 Å². The molecular weight excluding hydrogens is 218 g/mol. The van der Waals surface area contributed by atoms with Crippen LogP contribution < -0.4 is 0 Å². The van der Waals surface area contributed by atoms with Crippen molar-refractivity contribution in [2.24, 2.45) is 5.92 Å². The van der Waals surface area contributed by atoms with Crippen molar-refractivity contribution in [3.63, 3.8) is 0 Å². The summed E-state index contributed by atoms with van der Waals surface area (Å²) in [4.78, 5) is 0.171. The quantitative estimate of drug-likeness (QED) is 0.691. The Morgan fingerprint density at radius 2 is 1.80 bits per heavy atom. The van der Waals surface area contributed by atoms with Gasteiger partial charge in [-0.1, -0.05) is 13.8 Å². The van der Waals surface area contributed by atoms with Crippen LogP contribution in [-0.2, 0) is 10.1 Å². The molecule has 1 saturated heterocycles. The summed E-state index contributed by atoms with van der Waals surface area (Å²) >= 11 is 0. The fourth-order valence-corrected chi connectivity index (χ4v) is 2.56. The molecule has 0 aromatic rings. The molecule has 15 heavy (non-hydrogen) atoms. The molecule has 0 aliphatic carbocycles. The van der Waals surface area contributed by atoms with Crippen LogP contribution in [0.25, 0.3) is 0 Å². The lowest BCUT2D eigenvalue weighted by Gasteiger charge is -2.36. The lowest BCUT2D eigenvalue weighted by atomic mass is 10.1. The molecule has 0 aromatic carbocycles. The second kappa shape index (κ2) is 4.37. The van der Waals surface area contributed by atoms with E-state index in [0.29, 0.717) is 19.0 Å². The molecule has 2 N–H and O–H groups in total. The van der Waals surface area contributed by atoms with Gasteiger partial charge in [0.15, 0.2) is 4.93 Å². The van der Waals surface area contributed by atoms with Gasteiger partial charge in [0.25, 0.3) is 10.1 Å². The first kappa shape index (κ1) is 12.9. The van der Waals surface area contributed by atoms with Crippen molar-refractivity contribution in [2.45, 2.75) is 31.6 Å². The minimum Gasteiger partial charge on any atom is -0.372 e. The van der Waals surface area contributed by atoms with Gasteiger partial charge in [0.1, 0.15) is 0 Å². The third kappa shape index (κ3) is 3.14. The van der Waals surface area contributed by atoms with Crippen molar-refractivity contribution >= 4 is 10.1 Å². The molecular formula is C9H19NO4S. The number of aliphatic hydroxyl groups is 1. The summed E-state index contributed by atoms with van der Waals surface area (Å²) in [5, 5.41) is 9.70. The summed E-state index contributed by atoms with van der Waals surface area (Å²) in [5.74, 6) is 0.516. The zero-order valence-corrected chi connectivity index (χ0v) is 10.00. The lowest BCUT2D eigenvalue weighted by molar-refractivity contribution is 0.0354. The number of likely N-dealkylation sites (tertiary alicyclic amines) is 1. The fourth-order valence-electron chi connectivity index (χ4n) is 1.86. The molecule has 0 spiro atoms. The van der Waals surface area contributed by atoms with Crippen LogP contribution in [0.5, 0.6) is 0 Å². The van der Waals surface area contributed by atoms with Crippen LogP contribution in [0.4, 0.5) is 0 Å². The highest BCUT2D eigenvalue weighted by molar-refractivity contribution is 7.87. The molecule has 0 saturated carbocycles. The lowest BCUT2D eigenvalue weighted by Crippen LogP contribution is -2.49. The number of rotatable bonds is 3. The molecule has 0 unspecified atom stereocenters. The first-order valence-corrected chi connectivity index (χ1v) is 6.60. The third-order valence-electron chi connectivity index (χ3n) is 2.74. The minimum absolute atomic E-state index is 0.0819. The predicted octanol–water partition coefficient (Wildman–Crippen LogP) is 0.315. The Morgan fingerprint density at radius 3 is 2.13 bits per heavy atom. The highest BCUT2D eigenvalue weighted by atomic mass is 32.2. The van der Waals surface area contributed by atoms with Gasteiger partial charge in [-0.15, -0.1) is 0 Å². The molecule has 5 nitrogen and oxygen atoms in total. The smallest absolute Gasteiger partial charge is 0.295 e. The summed E-state index contributed by atoms with van der Waals surface area (Å²) in [7, 11) is -4.35. The molecule has 1 heterocycles. The van der Waals surface area contributed by atoms with Crippen LogP contribution in [0.15, 0.2) is 0 Å². The number of piperidine rings is 1. The van der Waals surface area contributed by atoms with E-state index in [1.54, 1.807) is 0 Å². The van der Waals surface area contributed by atoms with E-state index in [1.165, 1.54) is 0 Å². The summed E-state index contributed by atoms with van der Waals surface area (Å²) in [6.07, 6.45) is 0.164. The van der Waals surface area contributed by atoms with Crippen LogP contribution in [0.3, 0.4) is 0 Å². The first-order valence-electron chi connectivity index (χ1n) is 5.16. The Kier molecular flexibility index (Phi) is 3.76. The molecule has 0 aromatic heterocycles. The Balaban J connectivity index is 2.56. The molecule has 1 aliphatic rings. The summed E-state index contributed by atoms with van der Waals surface area (Å²) in [6, 6.07) is 0. The van der Waals surface area contributed by atoms with E-state index in [2.05, 4.69) is 18.7 Å². The van der Waals surface area contributed by atoms with Gasteiger partial charge in [-0.05, 0) is 5.92 Å². The third-order valence-corrected chi connectivity index (χ3v) is 4.11. The normalized spacial score (nSPS) is 23.3. The second-order valence-corrected chi connectivity index (χ2v) is 6.33. The zero-order valence-electron chi connectivity index (χ0n) is 9.18.